The first-order valence-corrected chi connectivity index (χ1v) is 9.00. The van der Waals surface area contributed by atoms with Crippen molar-refractivity contribution in [2.75, 3.05) is 25.1 Å². The van der Waals surface area contributed by atoms with Gasteiger partial charge in [0.2, 0.25) is 5.91 Å². The number of fused-ring (bicyclic) bond motifs is 1. The van der Waals surface area contributed by atoms with Gasteiger partial charge in [-0.05, 0) is 43.2 Å². The van der Waals surface area contributed by atoms with E-state index in [1.165, 1.54) is 0 Å². The van der Waals surface area contributed by atoms with Crippen molar-refractivity contribution in [2.45, 2.75) is 26.7 Å². The molecule has 1 aliphatic heterocycles. The number of nitrogens with two attached hydrogens (primary N) is 1. The molecule has 1 aromatic heterocycles. The number of anilines is 1. The van der Waals surface area contributed by atoms with Crippen LogP contribution in [0.5, 0.6) is 11.5 Å². The maximum absolute atomic E-state index is 12.7. The highest BCUT2D eigenvalue weighted by Gasteiger charge is 2.33. The van der Waals surface area contributed by atoms with E-state index in [2.05, 4.69) is 10.3 Å². The van der Waals surface area contributed by atoms with Crippen LogP contribution in [0.2, 0.25) is 0 Å². The second-order valence-corrected chi connectivity index (χ2v) is 6.41. The van der Waals surface area contributed by atoms with Crippen molar-refractivity contribution in [2.24, 2.45) is 11.1 Å². The number of aromatic nitrogens is 1. The Morgan fingerprint density at radius 3 is 2.43 bits per heavy atom. The summed E-state index contributed by atoms with van der Waals surface area (Å²) in [4.78, 5) is 17.3. The minimum atomic E-state index is -0.561. The van der Waals surface area contributed by atoms with Gasteiger partial charge in [-0.15, -0.1) is 24.8 Å². The number of halogens is 2. The second-order valence-electron chi connectivity index (χ2n) is 6.41. The summed E-state index contributed by atoms with van der Waals surface area (Å²) < 4.78 is 11.2. The summed E-state index contributed by atoms with van der Waals surface area (Å²) in [7, 11) is 0. The van der Waals surface area contributed by atoms with Gasteiger partial charge >= 0.3 is 0 Å². The molecule has 0 atom stereocenters. The van der Waals surface area contributed by atoms with E-state index in [4.69, 9.17) is 15.2 Å². The van der Waals surface area contributed by atoms with Crippen molar-refractivity contribution in [3.8, 4) is 22.8 Å². The van der Waals surface area contributed by atoms with Crippen LogP contribution in [0.3, 0.4) is 0 Å². The monoisotopic (exact) mass is 427 g/mol. The Morgan fingerprint density at radius 2 is 1.79 bits per heavy atom. The van der Waals surface area contributed by atoms with Crippen molar-refractivity contribution < 1.29 is 14.3 Å². The average molecular weight is 428 g/mol. The van der Waals surface area contributed by atoms with Crippen molar-refractivity contribution in [3.63, 3.8) is 0 Å². The van der Waals surface area contributed by atoms with Gasteiger partial charge in [0.05, 0.1) is 11.1 Å². The molecule has 3 N–H and O–H groups in total. The number of carbonyl (C=O) groups excluding carboxylic acids is 1. The first kappa shape index (κ1) is 24.0. The summed E-state index contributed by atoms with van der Waals surface area (Å²) in [5, 5.41) is 2.92. The Balaban J connectivity index is 0.00000196. The Kier molecular flexibility index (Phi) is 9.01. The molecule has 0 fully saturated rings. The van der Waals surface area contributed by atoms with E-state index < -0.39 is 5.41 Å². The molecule has 0 bridgehead atoms. The number of carbonyl (C=O) groups is 1. The van der Waals surface area contributed by atoms with Gasteiger partial charge in [-0.2, -0.15) is 0 Å². The Labute approximate surface area is 178 Å². The number of nitrogens with one attached hydrogen (secondary N) is 1. The summed E-state index contributed by atoms with van der Waals surface area (Å²) in [6, 6.07) is 11.3. The van der Waals surface area contributed by atoms with Gasteiger partial charge in [-0.25, -0.2) is 4.98 Å². The molecule has 1 aromatic carbocycles. The quantitative estimate of drug-likeness (QED) is 0.725. The fourth-order valence-electron chi connectivity index (χ4n) is 3.07. The third-order valence-corrected chi connectivity index (χ3v) is 5.05. The van der Waals surface area contributed by atoms with E-state index in [1.807, 2.05) is 44.2 Å². The van der Waals surface area contributed by atoms with Gasteiger partial charge in [-0.1, -0.05) is 19.9 Å². The maximum Gasteiger partial charge on any atom is 0.233 e. The molecule has 28 heavy (non-hydrogen) atoms. The SMILES string of the molecule is CCC(CC)(CN)C(=O)Nc1cccc(-c2ccc3c(c2)OCCO3)n1.Cl.Cl. The van der Waals surface area contributed by atoms with Crippen LogP contribution in [0, 0.1) is 5.41 Å². The van der Waals surface area contributed by atoms with Crippen LogP contribution in [0.1, 0.15) is 26.7 Å². The number of hydrogen-bond donors (Lipinski definition) is 2. The second kappa shape index (κ2) is 10.5. The van der Waals surface area contributed by atoms with Gasteiger partial charge in [0.15, 0.2) is 11.5 Å². The van der Waals surface area contributed by atoms with Gasteiger partial charge in [-0.3, -0.25) is 4.79 Å². The molecule has 8 heteroatoms. The normalized spacial score (nSPS) is 12.4. The zero-order chi connectivity index (χ0) is 18.6. The van der Waals surface area contributed by atoms with Gasteiger partial charge in [0, 0.05) is 12.1 Å². The molecule has 0 unspecified atom stereocenters. The van der Waals surface area contributed by atoms with E-state index in [1.54, 1.807) is 6.07 Å². The molecule has 1 aliphatic rings. The van der Waals surface area contributed by atoms with Crippen molar-refractivity contribution in [1.29, 1.82) is 0 Å². The molecule has 6 nitrogen and oxygen atoms in total. The standard InChI is InChI=1S/C20H25N3O3.2ClH/c1-3-20(4-2,13-21)19(24)23-18-7-5-6-15(22-18)14-8-9-16-17(12-14)26-11-10-25-16;;/h5-9,12H,3-4,10-11,13,21H2,1-2H3,(H,22,23,24);2*1H. The van der Waals surface area contributed by atoms with E-state index in [9.17, 15) is 4.79 Å². The summed E-state index contributed by atoms with van der Waals surface area (Å²) in [5.41, 5.74) is 6.96. The number of rotatable bonds is 6. The van der Waals surface area contributed by atoms with E-state index in [-0.39, 0.29) is 30.7 Å². The minimum Gasteiger partial charge on any atom is -0.486 e. The topological polar surface area (TPSA) is 86.5 Å². The van der Waals surface area contributed by atoms with Gasteiger partial charge < -0.3 is 20.5 Å². The molecule has 154 valence electrons. The smallest absolute Gasteiger partial charge is 0.233 e. The molecule has 3 rings (SSSR count). The first-order valence-electron chi connectivity index (χ1n) is 9.00. The average Bonchev–Trinajstić information content (AvgIpc) is 2.69. The van der Waals surface area contributed by atoms with Crippen LogP contribution in [0.4, 0.5) is 5.82 Å². The molecule has 0 aliphatic carbocycles. The molecule has 2 heterocycles. The Morgan fingerprint density at radius 1 is 1.11 bits per heavy atom. The highest BCUT2D eigenvalue weighted by molar-refractivity contribution is 5.95. The largest absolute Gasteiger partial charge is 0.486 e. The third kappa shape index (κ3) is 4.87. The van der Waals surface area contributed by atoms with E-state index in [0.717, 1.165) is 17.0 Å². The summed E-state index contributed by atoms with van der Waals surface area (Å²) in [6.45, 7) is 5.37. The lowest BCUT2D eigenvalue weighted by Gasteiger charge is -2.28. The number of benzene rings is 1. The van der Waals surface area contributed by atoms with Crippen LogP contribution in [-0.4, -0.2) is 30.6 Å². The zero-order valence-corrected chi connectivity index (χ0v) is 17.7. The molecule has 0 spiro atoms. The van der Waals surface area contributed by atoms with E-state index in [0.29, 0.717) is 44.2 Å². The number of ether oxygens (including phenoxy) is 2. The minimum absolute atomic E-state index is 0. The molecule has 0 saturated carbocycles. The predicted octanol–water partition coefficient (Wildman–Crippen LogP) is 4.07. The highest BCUT2D eigenvalue weighted by atomic mass is 35.5. The molecule has 2 aromatic rings. The van der Waals surface area contributed by atoms with Crippen LogP contribution in [0.25, 0.3) is 11.3 Å². The lowest BCUT2D eigenvalue weighted by Crippen LogP contribution is -2.41. The fraction of sp³-hybridized carbons (Fsp3) is 0.400. The molecular weight excluding hydrogens is 401 g/mol. The number of amides is 1. The molecule has 1 amide bonds. The van der Waals surface area contributed by atoms with Crippen molar-refractivity contribution in [1.82, 2.24) is 4.98 Å². The lowest BCUT2D eigenvalue weighted by molar-refractivity contribution is -0.125. The number of pyridine rings is 1. The fourth-order valence-corrected chi connectivity index (χ4v) is 3.07. The van der Waals surface area contributed by atoms with Gasteiger partial charge in [0.25, 0.3) is 0 Å². The number of hydrogen-bond acceptors (Lipinski definition) is 5. The zero-order valence-electron chi connectivity index (χ0n) is 16.1. The van der Waals surface area contributed by atoms with E-state index >= 15 is 0 Å². The van der Waals surface area contributed by atoms with Crippen LogP contribution < -0.4 is 20.5 Å². The van der Waals surface area contributed by atoms with Crippen molar-refractivity contribution >= 4 is 36.5 Å². The van der Waals surface area contributed by atoms with Crippen molar-refractivity contribution in [3.05, 3.63) is 36.4 Å². The molecular formula is C20H27Cl2N3O3. The predicted molar refractivity (Wildman–Crippen MR) is 116 cm³/mol. The molecule has 0 radical (unpaired) electrons. The highest BCUT2D eigenvalue weighted by Crippen LogP contribution is 2.34. The summed E-state index contributed by atoms with van der Waals surface area (Å²) in [6.07, 6.45) is 1.38. The maximum atomic E-state index is 12.7. The van der Waals surface area contributed by atoms with Crippen LogP contribution >= 0.6 is 24.8 Å². The first-order chi connectivity index (χ1) is 12.6. The van der Waals surface area contributed by atoms with Gasteiger partial charge in [0.1, 0.15) is 19.0 Å². The molecule has 0 saturated heterocycles. The Bertz CT molecular complexity index is 790. The lowest BCUT2D eigenvalue weighted by atomic mass is 9.81. The number of nitrogens with zero attached hydrogens (tertiary/aromatic N) is 1. The third-order valence-electron chi connectivity index (χ3n) is 5.05. The summed E-state index contributed by atoms with van der Waals surface area (Å²) >= 11 is 0. The summed E-state index contributed by atoms with van der Waals surface area (Å²) in [5.74, 6) is 1.88. The Hall–Kier alpha value is -2.02. The van der Waals surface area contributed by atoms with Crippen LogP contribution in [0.15, 0.2) is 36.4 Å². The van der Waals surface area contributed by atoms with Crippen LogP contribution in [-0.2, 0) is 4.79 Å².